The van der Waals surface area contributed by atoms with Crippen LogP contribution in [0, 0.1) is 6.92 Å². The van der Waals surface area contributed by atoms with E-state index in [4.69, 9.17) is 9.47 Å². The number of ketones is 1. The minimum absolute atomic E-state index is 0.245. The fraction of sp³-hybridized carbons (Fsp3) is 0.158. The molecule has 2 heterocycles. The van der Waals surface area contributed by atoms with Crippen LogP contribution in [0.5, 0.6) is 5.75 Å². The molecule has 24 heavy (non-hydrogen) atoms. The molecule has 0 atom stereocenters. The summed E-state index contributed by atoms with van der Waals surface area (Å²) in [6.45, 7) is 1.83. The van der Waals surface area contributed by atoms with Crippen LogP contribution >= 0.6 is 0 Å². The molecule has 0 aliphatic heterocycles. The van der Waals surface area contributed by atoms with Crippen molar-refractivity contribution in [3.05, 3.63) is 71.0 Å². The first-order chi connectivity index (χ1) is 11.6. The Kier molecular flexibility index (Phi) is 4.08. The second-order valence-corrected chi connectivity index (χ2v) is 5.33. The zero-order valence-electron chi connectivity index (χ0n) is 13.7. The molecule has 3 aromatic rings. The highest BCUT2D eigenvalue weighted by Crippen LogP contribution is 2.32. The van der Waals surface area contributed by atoms with Crippen LogP contribution in [0.1, 0.15) is 32.0 Å². The number of methoxy groups -OCH3 is 2. The van der Waals surface area contributed by atoms with Gasteiger partial charge >= 0.3 is 5.97 Å². The summed E-state index contributed by atoms with van der Waals surface area (Å²) >= 11 is 0. The average Bonchev–Trinajstić information content (AvgIpc) is 2.91. The summed E-state index contributed by atoms with van der Waals surface area (Å²) in [5.74, 6) is -0.142. The summed E-state index contributed by atoms with van der Waals surface area (Å²) in [7, 11) is 2.87. The molecule has 0 fully saturated rings. The molecule has 0 aliphatic carbocycles. The Balaban J connectivity index is 2.25. The van der Waals surface area contributed by atoms with Gasteiger partial charge in [0.15, 0.2) is 0 Å². The lowest BCUT2D eigenvalue weighted by atomic mass is 10.00. The first kappa shape index (κ1) is 15.8. The molecular formula is C19H17NO4. The van der Waals surface area contributed by atoms with E-state index in [2.05, 4.69) is 0 Å². The van der Waals surface area contributed by atoms with Gasteiger partial charge in [0.2, 0.25) is 5.78 Å². The number of fused-ring (bicyclic) bond motifs is 1. The van der Waals surface area contributed by atoms with Gasteiger partial charge in [-0.05, 0) is 25.1 Å². The highest BCUT2D eigenvalue weighted by molar-refractivity contribution is 6.15. The largest absolute Gasteiger partial charge is 0.494 e. The number of carbonyl (C=O) groups is 2. The van der Waals surface area contributed by atoms with Crippen molar-refractivity contribution in [2.24, 2.45) is 0 Å². The molecular weight excluding hydrogens is 306 g/mol. The third-order valence-corrected chi connectivity index (χ3v) is 4.03. The fourth-order valence-corrected chi connectivity index (χ4v) is 2.94. The zero-order valence-corrected chi connectivity index (χ0v) is 13.7. The average molecular weight is 323 g/mol. The molecule has 5 nitrogen and oxygen atoms in total. The van der Waals surface area contributed by atoms with Gasteiger partial charge in [0.05, 0.1) is 25.3 Å². The van der Waals surface area contributed by atoms with Crippen LogP contribution in [0.15, 0.2) is 48.7 Å². The zero-order chi connectivity index (χ0) is 17.3. The Morgan fingerprint density at radius 1 is 0.958 bits per heavy atom. The molecule has 0 aliphatic rings. The summed E-state index contributed by atoms with van der Waals surface area (Å²) in [5, 5.41) is 0. The molecule has 0 saturated heterocycles. The molecule has 1 aromatic carbocycles. The predicted molar refractivity (Wildman–Crippen MR) is 89.9 cm³/mol. The molecule has 5 heteroatoms. The minimum atomic E-state index is -0.538. The molecule has 0 spiro atoms. The maximum absolute atomic E-state index is 13.2. The van der Waals surface area contributed by atoms with Crippen molar-refractivity contribution >= 4 is 17.3 Å². The number of aromatic nitrogens is 1. The van der Waals surface area contributed by atoms with Gasteiger partial charge in [-0.2, -0.15) is 0 Å². The molecule has 2 aromatic heterocycles. The summed E-state index contributed by atoms with van der Waals surface area (Å²) in [6, 6.07) is 12.2. The van der Waals surface area contributed by atoms with E-state index in [0.29, 0.717) is 17.0 Å². The standard InChI is InChI=1S/C19H17NO4/c1-12-16(20-11-7-6-10-15(20)18(12)23-2)17(21)13-8-4-5-9-14(13)19(22)24-3/h4-11H,1-3H3. The topological polar surface area (TPSA) is 57.0 Å². The second kappa shape index (κ2) is 6.20. The normalized spacial score (nSPS) is 10.6. The molecule has 0 saturated carbocycles. The van der Waals surface area contributed by atoms with Crippen LogP contribution in [0.25, 0.3) is 5.52 Å². The Hall–Kier alpha value is -3.08. The van der Waals surface area contributed by atoms with Gasteiger partial charge in [-0.1, -0.05) is 24.3 Å². The van der Waals surface area contributed by atoms with Crippen molar-refractivity contribution in [2.45, 2.75) is 6.92 Å². The van der Waals surface area contributed by atoms with Crippen molar-refractivity contribution in [1.29, 1.82) is 0 Å². The Morgan fingerprint density at radius 3 is 2.29 bits per heavy atom. The van der Waals surface area contributed by atoms with E-state index in [1.54, 1.807) is 42.0 Å². The van der Waals surface area contributed by atoms with Gasteiger partial charge in [0.1, 0.15) is 11.4 Å². The molecule has 0 radical (unpaired) electrons. The number of hydrogen-bond donors (Lipinski definition) is 0. The molecule has 122 valence electrons. The summed E-state index contributed by atoms with van der Waals surface area (Å²) in [6.07, 6.45) is 1.80. The first-order valence-electron chi connectivity index (χ1n) is 7.45. The summed E-state index contributed by atoms with van der Waals surface area (Å²) in [4.78, 5) is 25.1. The maximum atomic E-state index is 13.2. The first-order valence-corrected chi connectivity index (χ1v) is 7.45. The number of esters is 1. The summed E-state index contributed by atoms with van der Waals surface area (Å²) in [5.41, 5.74) is 2.55. The van der Waals surface area contributed by atoms with Crippen molar-refractivity contribution in [3.63, 3.8) is 0 Å². The van der Waals surface area contributed by atoms with Crippen LogP contribution in [-0.4, -0.2) is 30.4 Å². The van der Waals surface area contributed by atoms with E-state index >= 15 is 0 Å². The van der Waals surface area contributed by atoms with Gasteiger partial charge in [-0.15, -0.1) is 0 Å². The van der Waals surface area contributed by atoms with E-state index in [9.17, 15) is 9.59 Å². The molecule has 0 amide bonds. The lowest BCUT2D eigenvalue weighted by Gasteiger charge is -2.08. The van der Waals surface area contributed by atoms with Crippen molar-refractivity contribution < 1.29 is 19.1 Å². The number of hydrogen-bond acceptors (Lipinski definition) is 4. The van der Waals surface area contributed by atoms with Gasteiger partial charge in [-0.3, -0.25) is 4.79 Å². The molecule has 0 unspecified atom stereocenters. The lowest BCUT2D eigenvalue weighted by molar-refractivity contribution is 0.0597. The van der Waals surface area contributed by atoms with Crippen LogP contribution < -0.4 is 4.74 Å². The van der Waals surface area contributed by atoms with Crippen LogP contribution in [0.3, 0.4) is 0 Å². The van der Waals surface area contributed by atoms with Crippen LogP contribution in [0.2, 0.25) is 0 Å². The number of benzene rings is 1. The Labute approximate surface area is 139 Å². The SMILES string of the molecule is COC(=O)c1ccccc1C(=O)c1c(C)c(OC)c2ccccn12. The number of carbonyl (C=O) groups excluding carboxylic acids is 2. The fourth-order valence-electron chi connectivity index (χ4n) is 2.94. The predicted octanol–water partition coefficient (Wildman–Crippen LogP) is 3.27. The van der Waals surface area contributed by atoms with Crippen molar-refractivity contribution in [2.75, 3.05) is 14.2 Å². The van der Waals surface area contributed by atoms with Crippen molar-refractivity contribution in [1.82, 2.24) is 4.40 Å². The molecule has 0 N–H and O–H groups in total. The monoisotopic (exact) mass is 323 g/mol. The van der Waals surface area contributed by atoms with Crippen molar-refractivity contribution in [3.8, 4) is 5.75 Å². The maximum Gasteiger partial charge on any atom is 0.338 e. The van der Waals surface area contributed by atoms with E-state index in [1.807, 2.05) is 25.1 Å². The van der Waals surface area contributed by atoms with E-state index in [-0.39, 0.29) is 11.3 Å². The third-order valence-electron chi connectivity index (χ3n) is 4.03. The minimum Gasteiger partial charge on any atom is -0.494 e. The highest BCUT2D eigenvalue weighted by atomic mass is 16.5. The van der Waals surface area contributed by atoms with Crippen LogP contribution in [0.4, 0.5) is 0 Å². The van der Waals surface area contributed by atoms with E-state index < -0.39 is 5.97 Å². The van der Waals surface area contributed by atoms with E-state index in [1.165, 1.54) is 7.11 Å². The lowest BCUT2D eigenvalue weighted by Crippen LogP contribution is -2.13. The van der Waals surface area contributed by atoms with Gasteiger partial charge in [-0.25, -0.2) is 4.79 Å². The highest BCUT2D eigenvalue weighted by Gasteiger charge is 2.25. The quantitative estimate of drug-likeness (QED) is 0.546. The number of pyridine rings is 1. The Morgan fingerprint density at radius 2 is 1.62 bits per heavy atom. The number of rotatable bonds is 4. The summed E-state index contributed by atoms with van der Waals surface area (Å²) < 4.78 is 12.0. The Bertz CT molecular complexity index is 940. The molecule has 0 bridgehead atoms. The van der Waals surface area contributed by atoms with Crippen LogP contribution in [-0.2, 0) is 4.74 Å². The number of ether oxygens (including phenoxy) is 2. The van der Waals surface area contributed by atoms with Gasteiger partial charge in [0.25, 0.3) is 0 Å². The van der Waals surface area contributed by atoms with Gasteiger partial charge in [0, 0.05) is 17.3 Å². The second-order valence-electron chi connectivity index (χ2n) is 5.33. The number of nitrogens with zero attached hydrogens (tertiary/aromatic N) is 1. The van der Waals surface area contributed by atoms with E-state index in [0.717, 1.165) is 11.1 Å². The third kappa shape index (κ3) is 2.34. The van der Waals surface area contributed by atoms with Gasteiger partial charge < -0.3 is 13.9 Å². The smallest absolute Gasteiger partial charge is 0.338 e. The molecule has 3 rings (SSSR count).